The highest BCUT2D eigenvalue weighted by molar-refractivity contribution is 5.80. The van der Waals surface area contributed by atoms with Crippen LogP contribution in [0.1, 0.15) is 6.92 Å². The summed E-state index contributed by atoms with van der Waals surface area (Å²) in [6.07, 6.45) is 0.394. The monoisotopic (exact) mass is 274 g/mol. The van der Waals surface area contributed by atoms with Gasteiger partial charge in [0, 0.05) is 12.2 Å². The summed E-state index contributed by atoms with van der Waals surface area (Å²) in [4.78, 5) is 37.1. The number of carbonyl (C=O) groups is 1. The lowest BCUT2D eigenvalue weighted by Gasteiger charge is -2.12. The molecule has 0 atom stereocenters. The van der Waals surface area contributed by atoms with Crippen LogP contribution in [-0.2, 0) is 11.3 Å². The maximum Gasteiger partial charge on any atom is 0.330 e. The smallest absolute Gasteiger partial charge is 0.330 e. The third-order valence-electron chi connectivity index (χ3n) is 2.75. The molecule has 0 fully saturated rings. The van der Waals surface area contributed by atoms with Gasteiger partial charge in [0.15, 0.2) is 0 Å². The van der Waals surface area contributed by atoms with E-state index >= 15 is 0 Å². The SMILES string of the molecule is CCn1c(=O)[nH]c(Nc2ccccc2)c(NC=O)c1=O. The minimum absolute atomic E-state index is 0.00491. The lowest BCUT2D eigenvalue weighted by Crippen LogP contribution is -2.36. The van der Waals surface area contributed by atoms with Crippen molar-refractivity contribution in [3.05, 3.63) is 51.2 Å². The molecular formula is C13H14N4O3. The molecule has 3 N–H and O–H groups in total. The fourth-order valence-electron chi connectivity index (χ4n) is 1.81. The summed E-state index contributed by atoms with van der Waals surface area (Å²) >= 11 is 0. The van der Waals surface area contributed by atoms with Crippen LogP contribution in [-0.4, -0.2) is 16.0 Å². The molecule has 1 aromatic carbocycles. The molecule has 0 unspecified atom stereocenters. The Morgan fingerprint density at radius 2 is 1.95 bits per heavy atom. The highest BCUT2D eigenvalue weighted by Crippen LogP contribution is 2.17. The van der Waals surface area contributed by atoms with Gasteiger partial charge in [-0.2, -0.15) is 0 Å². The van der Waals surface area contributed by atoms with Gasteiger partial charge in [0.2, 0.25) is 6.41 Å². The average Bonchev–Trinajstić information content (AvgIpc) is 2.44. The van der Waals surface area contributed by atoms with E-state index in [2.05, 4.69) is 15.6 Å². The second kappa shape index (κ2) is 5.87. The molecule has 1 amide bonds. The Balaban J connectivity index is 2.54. The highest BCUT2D eigenvalue weighted by Gasteiger charge is 2.12. The zero-order chi connectivity index (χ0) is 14.5. The molecule has 2 rings (SSSR count). The summed E-state index contributed by atoms with van der Waals surface area (Å²) in [5.41, 5.74) is -0.398. The highest BCUT2D eigenvalue weighted by atomic mass is 16.2. The van der Waals surface area contributed by atoms with Crippen molar-refractivity contribution in [3.63, 3.8) is 0 Å². The fourth-order valence-corrected chi connectivity index (χ4v) is 1.81. The van der Waals surface area contributed by atoms with E-state index in [1.165, 1.54) is 0 Å². The molecule has 0 aliphatic rings. The number of aromatic nitrogens is 2. The number of rotatable bonds is 5. The van der Waals surface area contributed by atoms with E-state index < -0.39 is 11.2 Å². The molecular weight excluding hydrogens is 260 g/mol. The van der Waals surface area contributed by atoms with Crippen molar-refractivity contribution < 1.29 is 4.79 Å². The summed E-state index contributed by atoms with van der Waals surface area (Å²) in [5.74, 6) is 0.156. The second-order valence-electron chi connectivity index (χ2n) is 3.98. The number of amides is 1. The Hall–Kier alpha value is -2.83. The number of nitrogens with zero attached hydrogens (tertiary/aromatic N) is 1. The number of benzene rings is 1. The molecule has 0 aliphatic heterocycles. The van der Waals surface area contributed by atoms with Crippen molar-refractivity contribution in [1.29, 1.82) is 0 Å². The third-order valence-corrected chi connectivity index (χ3v) is 2.75. The summed E-state index contributed by atoms with van der Waals surface area (Å²) in [6.45, 7) is 1.89. The fraction of sp³-hybridized carbons (Fsp3) is 0.154. The number of para-hydroxylation sites is 1. The van der Waals surface area contributed by atoms with E-state index in [1.807, 2.05) is 6.07 Å². The van der Waals surface area contributed by atoms with E-state index in [9.17, 15) is 14.4 Å². The molecule has 2 aromatic rings. The van der Waals surface area contributed by atoms with Crippen LogP contribution in [0.15, 0.2) is 39.9 Å². The Bertz CT molecular complexity index is 719. The molecule has 0 bridgehead atoms. The van der Waals surface area contributed by atoms with E-state index in [-0.39, 0.29) is 18.1 Å². The first kappa shape index (κ1) is 13.6. The molecule has 0 saturated heterocycles. The molecule has 0 spiro atoms. The van der Waals surface area contributed by atoms with Crippen molar-refractivity contribution in [2.45, 2.75) is 13.5 Å². The third kappa shape index (κ3) is 2.61. The number of hydrogen-bond acceptors (Lipinski definition) is 4. The summed E-state index contributed by atoms with van der Waals surface area (Å²) in [5, 5.41) is 5.22. The van der Waals surface area contributed by atoms with Crippen molar-refractivity contribution in [1.82, 2.24) is 9.55 Å². The molecule has 1 heterocycles. The van der Waals surface area contributed by atoms with Crippen LogP contribution in [0, 0.1) is 0 Å². The Morgan fingerprint density at radius 3 is 2.55 bits per heavy atom. The summed E-state index contributed by atoms with van der Waals surface area (Å²) < 4.78 is 1.00. The number of hydrogen-bond donors (Lipinski definition) is 3. The van der Waals surface area contributed by atoms with Gasteiger partial charge in [0.1, 0.15) is 11.5 Å². The maximum absolute atomic E-state index is 12.1. The topological polar surface area (TPSA) is 96.0 Å². The van der Waals surface area contributed by atoms with Gasteiger partial charge < -0.3 is 10.6 Å². The van der Waals surface area contributed by atoms with Crippen LogP contribution in [0.3, 0.4) is 0 Å². The molecule has 0 radical (unpaired) electrons. The van der Waals surface area contributed by atoms with Crippen molar-refractivity contribution >= 4 is 23.6 Å². The van der Waals surface area contributed by atoms with E-state index in [0.29, 0.717) is 12.1 Å². The number of H-pyrrole nitrogens is 1. The summed E-state index contributed by atoms with van der Waals surface area (Å²) in [6, 6.07) is 9.00. The van der Waals surface area contributed by atoms with Crippen molar-refractivity contribution in [2.24, 2.45) is 0 Å². The first-order valence-electron chi connectivity index (χ1n) is 6.06. The van der Waals surface area contributed by atoms with Crippen molar-refractivity contribution in [3.8, 4) is 0 Å². The molecule has 7 heteroatoms. The Labute approximate surface area is 114 Å². The number of anilines is 3. The Kier molecular flexibility index (Phi) is 3.99. The molecule has 7 nitrogen and oxygen atoms in total. The largest absolute Gasteiger partial charge is 0.340 e. The van der Waals surface area contributed by atoms with Crippen LogP contribution in [0.5, 0.6) is 0 Å². The average molecular weight is 274 g/mol. The number of aromatic amines is 1. The predicted molar refractivity (Wildman–Crippen MR) is 76.4 cm³/mol. The lowest BCUT2D eigenvalue weighted by molar-refractivity contribution is -0.105. The predicted octanol–water partition coefficient (Wildman–Crippen LogP) is 0.868. The second-order valence-corrected chi connectivity index (χ2v) is 3.98. The first-order valence-corrected chi connectivity index (χ1v) is 6.06. The summed E-state index contributed by atoms with van der Waals surface area (Å²) in [7, 11) is 0. The van der Waals surface area contributed by atoms with Gasteiger partial charge in [-0.3, -0.25) is 19.1 Å². The van der Waals surface area contributed by atoms with Gasteiger partial charge in [-0.05, 0) is 19.1 Å². The zero-order valence-corrected chi connectivity index (χ0v) is 10.8. The molecule has 104 valence electrons. The lowest BCUT2D eigenvalue weighted by atomic mass is 10.3. The standard InChI is InChI=1S/C13H14N4O3/c1-2-17-12(19)10(14-8-18)11(16-13(17)20)15-9-6-4-3-5-7-9/h3-8,15H,2H2,1H3,(H,14,18)(H,16,20). The van der Waals surface area contributed by atoms with Gasteiger partial charge in [0.25, 0.3) is 5.56 Å². The van der Waals surface area contributed by atoms with Crippen LogP contribution < -0.4 is 21.9 Å². The van der Waals surface area contributed by atoms with Gasteiger partial charge in [0.05, 0.1) is 0 Å². The quantitative estimate of drug-likeness (QED) is 0.705. The van der Waals surface area contributed by atoms with E-state index in [1.54, 1.807) is 31.2 Å². The molecule has 0 saturated carbocycles. The van der Waals surface area contributed by atoms with Gasteiger partial charge in [-0.1, -0.05) is 18.2 Å². The normalized spacial score (nSPS) is 10.1. The first-order chi connectivity index (χ1) is 9.67. The minimum Gasteiger partial charge on any atom is -0.340 e. The van der Waals surface area contributed by atoms with E-state index in [4.69, 9.17) is 0 Å². The molecule has 0 aliphatic carbocycles. The minimum atomic E-state index is -0.554. The van der Waals surface area contributed by atoms with Gasteiger partial charge in [-0.15, -0.1) is 0 Å². The van der Waals surface area contributed by atoms with Crippen LogP contribution in [0.4, 0.5) is 17.2 Å². The van der Waals surface area contributed by atoms with Crippen molar-refractivity contribution in [2.75, 3.05) is 10.6 Å². The van der Waals surface area contributed by atoms with Gasteiger partial charge >= 0.3 is 5.69 Å². The Morgan fingerprint density at radius 1 is 1.25 bits per heavy atom. The molecule has 1 aromatic heterocycles. The number of carbonyl (C=O) groups excluding carboxylic acids is 1. The van der Waals surface area contributed by atoms with Crippen LogP contribution >= 0.6 is 0 Å². The van der Waals surface area contributed by atoms with Crippen LogP contribution in [0.2, 0.25) is 0 Å². The van der Waals surface area contributed by atoms with E-state index in [0.717, 1.165) is 4.57 Å². The zero-order valence-electron chi connectivity index (χ0n) is 10.8. The maximum atomic E-state index is 12.1. The molecule has 20 heavy (non-hydrogen) atoms. The number of nitrogens with one attached hydrogen (secondary N) is 3. The van der Waals surface area contributed by atoms with Gasteiger partial charge in [-0.25, -0.2) is 4.79 Å². The van der Waals surface area contributed by atoms with Crippen LogP contribution in [0.25, 0.3) is 0 Å².